The summed E-state index contributed by atoms with van der Waals surface area (Å²) >= 11 is 5.49. The molecule has 4 nitrogen and oxygen atoms in total. The van der Waals surface area contributed by atoms with Crippen molar-refractivity contribution in [1.82, 2.24) is 4.98 Å². The largest absolute Gasteiger partial charge is 0.461 e. The number of hydrogen-bond acceptors (Lipinski definition) is 3. The van der Waals surface area contributed by atoms with Gasteiger partial charge in [-0.2, -0.15) is 0 Å². The summed E-state index contributed by atoms with van der Waals surface area (Å²) in [7, 11) is 0. The topological polar surface area (TPSA) is 59.2 Å². The molecule has 1 N–H and O–H groups in total. The van der Waals surface area contributed by atoms with E-state index in [0.29, 0.717) is 0 Å². The van der Waals surface area contributed by atoms with Gasteiger partial charge in [0.1, 0.15) is 5.69 Å². The SMILES string of the molecule is CCOC(=O)c1[nH]cc(C(F)F)c(=O)c1CCl. The number of carbonyl (C=O) groups excluding carboxylic acids is 1. The van der Waals surface area contributed by atoms with E-state index < -0.39 is 23.4 Å². The molecule has 0 unspecified atom stereocenters. The Bertz CT molecular complexity index is 473. The van der Waals surface area contributed by atoms with Gasteiger partial charge in [-0.25, -0.2) is 13.6 Å². The van der Waals surface area contributed by atoms with Gasteiger partial charge in [0, 0.05) is 11.8 Å². The Morgan fingerprint density at radius 1 is 1.59 bits per heavy atom. The fourth-order valence-electron chi connectivity index (χ4n) is 1.27. The van der Waals surface area contributed by atoms with Crippen LogP contribution in [0.15, 0.2) is 11.0 Å². The number of halogens is 3. The molecule has 1 heterocycles. The van der Waals surface area contributed by atoms with Crippen molar-refractivity contribution < 1.29 is 18.3 Å². The second-order valence-electron chi connectivity index (χ2n) is 3.08. The van der Waals surface area contributed by atoms with Crippen LogP contribution in [0.2, 0.25) is 0 Å². The molecule has 0 atom stereocenters. The van der Waals surface area contributed by atoms with Crippen molar-refractivity contribution in [3.63, 3.8) is 0 Å². The fraction of sp³-hybridized carbons (Fsp3) is 0.400. The van der Waals surface area contributed by atoms with Gasteiger partial charge < -0.3 is 9.72 Å². The molecule has 94 valence electrons. The summed E-state index contributed by atoms with van der Waals surface area (Å²) in [5, 5.41) is 0. The summed E-state index contributed by atoms with van der Waals surface area (Å²) in [5.74, 6) is -1.13. The van der Waals surface area contributed by atoms with Crippen LogP contribution in [0.4, 0.5) is 8.78 Å². The van der Waals surface area contributed by atoms with Crippen LogP contribution in [0.25, 0.3) is 0 Å². The minimum Gasteiger partial charge on any atom is -0.461 e. The molecule has 1 aromatic rings. The highest BCUT2D eigenvalue weighted by Gasteiger charge is 2.21. The van der Waals surface area contributed by atoms with Crippen LogP contribution in [0.5, 0.6) is 0 Å². The zero-order chi connectivity index (χ0) is 13.0. The van der Waals surface area contributed by atoms with Crippen molar-refractivity contribution in [1.29, 1.82) is 0 Å². The lowest BCUT2D eigenvalue weighted by molar-refractivity contribution is 0.0517. The molecule has 0 radical (unpaired) electrons. The van der Waals surface area contributed by atoms with E-state index in [1.54, 1.807) is 6.92 Å². The minimum atomic E-state index is -2.92. The fourth-order valence-corrected chi connectivity index (χ4v) is 1.52. The normalized spacial score (nSPS) is 10.6. The van der Waals surface area contributed by atoms with Crippen LogP contribution >= 0.6 is 11.6 Å². The summed E-state index contributed by atoms with van der Waals surface area (Å²) < 4.78 is 29.6. The van der Waals surface area contributed by atoms with Gasteiger partial charge in [-0.1, -0.05) is 0 Å². The summed E-state index contributed by atoms with van der Waals surface area (Å²) in [5.41, 5.74) is -2.04. The van der Waals surface area contributed by atoms with Crippen molar-refractivity contribution in [3.8, 4) is 0 Å². The first kappa shape index (κ1) is 13.6. The molecule has 0 aromatic carbocycles. The van der Waals surface area contributed by atoms with Crippen molar-refractivity contribution in [2.75, 3.05) is 6.61 Å². The average molecular weight is 266 g/mol. The van der Waals surface area contributed by atoms with Gasteiger partial charge in [-0.15, -0.1) is 11.6 Å². The molecule has 17 heavy (non-hydrogen) atoms. The maximum absolute atomic E-state index is 12.4. The van der Waals surface area contributed by atoms with E-state index >= 15 is 0 Å². The quantitative estimate of drug-likeness (QED) is 0.671. The lowest BCUT2D eigenvalue weighted by Gasteiger charge is -2.08. The molecule has 0 aliphatic carbocycles. The van der Waals surface area contributed by atoms with Crippen molar-refractivity contribution in [2.24, 2.45) is 0 Å². The molecule has 1 rings (SSSR count). The van der Waals surface area contributed by atoms with Crippen LogP contribution in [0.3, 0.4) is 0 Å². The van der Waals surface area contributed by atoms with E-state index in [9.17, 15) is 18.4 Å². The predicted octanol–water partition coefficient (Wildman–Crippen LogP) is 2.23. The number of aromatic amines is 1. The third kappa shape index (κ3) is 2.82. The Kier molecular flexibility index (Phi) is 4.62. The van der Waals surface area contributed by atoms with Gasteiger partial charge in [-0.3, -0.25) is 4.79 Å². The van der Waals surface area contributed by atoms with Gasteiger partial charge in [0.25, 0.3) is 6.43 Å². The minimum absolute atomic E-state index is 0.110. The van der Waals surface area contributed by atoms with Gasteiger partial charge in [0.2, 0.25) is 0 Å². The lowest BCUT2D eigenvalue weighted by atomic mass is 10.1. The number of pyridine rings is 1. The third-order valence-electron chi connectivity index (χ3n) is 2.06. The monoisotopic (exact) mass is 265 g/mol. The Hall–Kier alpha value is -1.43. The maximum atomic E-state index is 12.4. The highest BCUT2D eigenvalue weighted by molar-refractivity contribution is 6.17. The van der Waals surface area contributed by atoms with Crippen molar-refractivity contribution in [3.05, 3.63) is 33.2 Å². The van der Waals surface area contributed by atoms with E-state index in [-0.39, 0.29) is 23.7 Å². The number of rotatable bonds is 4. The summed E-state index contributed by atoms with van der Waals surface area (Å²) in [6.45, 7) is 1.70. The molecule has 1 aromatic heterocycles. The first-order valence-corrected chi connectivity index (χ1v) is 5.32. The lowest BCUT2D eigenvalue weighted by Crippen LogP contribution is -2.21. The Morgan fingerprint density at radius 3 is 2.71 bits per heavy atom. The van der Waals surface area contributed by atoms with Crippen LogP contribution in [0.1, 0.15) is 35.0 Å². The third-order valence-corrected chi connectivity index (χ3v) is 2.33. The Labute approximate surface area is 101 Å². The smallest absolute Gasteiger partial charge is 0.355 e. The first-order chi connectivity index (χ1) is 8.02. The van der Waals surface area contributed by atoms with Gasteiger partial charge >= 0.3 is 5.97 Å². The van der Waals surface area contributed by atoms with Gasteiger partial charge in [0.15, 0.2) is 5.43 Å². The molecular weight excluding hydrogens is 256 g/mol. The summed E-state index contributed by atoms with van der Waals surface area (Å²) in [6.07, 6.45) is -2.12. The molecule has 7 heteroatoms. The highest BCUT2D eigenvalue weighted by atomic mass is 35.5. The molecule has 0 aliphatic rings. The second kappa shape index (κ2) is 5.77. The van der Waals surface area contributed by atoms with E-state index in [0.717, 1.165) is 6.20 Å². The van der Waals surface area contributed by atoms with E-state index in [4.69, 9.17) is 11.6 Å². The molecule has 0 saturated heterocycles. The average Bonchev–Trinajstić information content (AvgIpc) is 2.28. The summed E-state index contributed by atoms with van der Waals surface area (Å²) in [6, 6.07) is 0. The molecule has 0 saturated carbocycles. The molecule has 0 amide bonds. The maximum Gasteiger partial charge on any atom is 0.355 e. The van der Waals surface area contributed by atoms with Crippen LogP contribution in [-0.2, 0) is 10.6 Å². The number of nitrogens with one attached hydrogen (secondary N) is 1. The van der Waals surface area contributed by atoms with Crippen molar-refractivity contribution in [2.45, 2.75) is 19.2 Å². The van der Waals surface area contributed by atoms with Gasteiger partial charge in [0.05, 0.1) is 18.1 Å². The highest BCUT2D eigenvalue weighted by Crippen LogP contribution is 2.16. The number of esters is 1. The first-order valence-electron chi connectivity index (χ1n) is 4.78. The van der Waals surface area contributed by atoms with Gasteiger partial charge in [-0.05, 0) is 6.92 Å². The zero-order valence-corrected chi connectivity index (χ0v) is 9.68. The Morgan fingerprint density at radius 2 is 2.24 bits per heavy atom. The standard InChI is InChI=1S/C10H10ClF2NO3/c1-2-17-10(16)7-5(3-11)8(15)6(4-14-7)9(12)13/h4,9H,2-3H2,1H3,(H,14,15). The molecule has 0 spiro atoms. The number of hydrogen-bond donors (Lipinski definition) is 1. The number of carbonyl (C=O) groups is 1. The molecule has 0 bridgehead atoms. The number of H-pyrrole nitrogens is 1. The van der Waals surface area contributed by atoms with E-state index in [1.165, 1.54) is 0 Å². The summed E-state index contributed by atoms with van der Waals surface area (Å²) in [4.78, 5) is 25.3. The Balaban J connectivity index is 3.31. The van der Waals surface area contributed by atoms with Crippen LogP contribution in [-0.4, -0.2) is 17.6 Å². The van der Waals surface area contributed by atoms with Crippen LogP contribution < -0.4 is 5.43 Å². The molecule has 0 aliphatic heterocycles. The predicted molar refractivity (Wildman–Crippen MR) is 57.5 cm³/mol. The molecule has 0 fully saturated rings. The van der Waals surface area contributed by atoms with Crippen LogP contribution in [0, 0.1) is 0 Å². The zero-order valence-electron chi connectivity index (χ0n) is 8.93. The van der Waals surface area contributed by atoms with Crippen molar-refractivity contribution >= 4 is 17.6 Å². The van der Waals surface area contributed by atoms with E-state index in [1.807, 2.05) is 0 Å². The number of aromatic nitrogens is 1. The molecular formula is C10H10ClF2NO3. The van der Waals surface area contributed by atoms with E-state index in [2.05, 4.69) is 9.72 Å². The number of ether oxygens (including phenoxy) is 1. The second-order valence-corrected chi connectivity index (χ2v) is 3.35. The number of alkyl halides is 3.